The van der Waals surface area contributed by atoms with Gasteiger partial charge in [-0.15, -0.1) is 0 Å². The average Bonchev–Trinajstić information content (AvgIpc) is 3.09. The summed E-state index contributed by atoms with van der Waals surface area (Å²) in [4.78, 5) is 25.1. The number of anilines is 1. The number of unbranched alkanes of at least 4 members (excludes halogenated alkanes) is 2. The topological polar surface area (TPSA) is 72.6 Å². The predicted molar refractivity (Wildman–Crippen MR) is 135 cm³/mol. The lowest BCUT2D eigenvalue weighted by atomic mass is 9.87. The lowest BCUT2D eigenvalue weighted by Crippen LogP contribution is -2.35. The molecule has 0 aliphatic carbocycles. The number of nitrogens with zero attached hydrogens (tertiary/aromatic N) is 1. The average molecular weight is 497 g/mol. The SMILES string of the molecule is NN1C(=O)C(c2ccccc2Cl)c2c1ccc(Cl)c2CCCCCC(=O)OCc1ccccc1. The zero-order chi connectivity index (χ0) is 24.1. The first-order chi connectivity index (χ1) is 16.5. The van der Waals surface area contributed by atoms with Crippen molar-refractivity contribution in [1.82, 2.24) is 0 Å². The molecule has 1 aliphatic rings. The van der Waals surface area contributed by atoms with Gasteiger partial charge in [0.1, 0.15) is 6.61 Å². The monoisotopic (exact) mass is 496 g/mol. The summed E-state index contributed by atoms with van der Waals surface area (Å²) >= 11 is 13.0. The molecule has 4 rings (SSSR count). The maximum atomic E-state index is 13.0. The second-order valence-corrected chi connectivity index (χ2v) is 9.14. The van der Waals surface area contributed by atoms with E-state index in [1.807, 2.05) is 48.5 Å². The van der Waals surface area contributed by atoms with E-state index in [0.29, 0.717) is 40.7 Å². The Bertz CT molecular complexity index is 1180. The van der Waals surface area contributed by atoms with Gasteiger partial charge in [-0.1, -0.05) is 78.2 Å². The van der Waals surface area contributed by atoms with Gasteiger partial charge in [-0.05, 0) is 59.7 Å². The molecule has 1 unspecified atom stereocenters. The number of esters is 1. The molecule has 3 aromatic rings. The molecule has 1 heterocycles. The molecule has 0 saturated heterocycles. The Morgan fingerprint density at radius 3 is 2.41 bits per heavy atom. The molecule has 0 bridgehead atoms. The number of halogens is 2. The highest BCUT2D eigenvalue weighted by Crippen LogP contribution is 2.46. The highest BCUT2D eigenvalue weighted by Gasteiger charge is 2.40. The predicted octanol–water partition coefficient (Wildman–Crippen LogP) is 6.19. The van der Waals surface area contributed by atoms with Crippen molar-refractivity contribution in [2.24, 2.45) is 5.84 Å². The molecular weight excluding hydrogens is 471 g/mol. The summed E-state index contributed by atoms with van der Waals surface area (Å²) in [6.07, 6.45) is 3.40. The number of rotatable bonds is 9. The summed E-state index contributed by atoms with van der Waals surface area (Å²) in [7, 11) is 0. The van der Waals surface area contributed by atoms with E-state index in [-0.39, 0.29) is 11.9 Å². The van der Waals surface area contributed by atoms with Crippen LogP contribution in [0.4, 0.5) is 5.69 Å². The van der Waals surface area contributed by atoms with E-state index in [9.17, 15) is 9.59 Å². The Morgan fingerprint density at radius 1 is 0.912 bits per heavy atom. The number of ether oxygens (including phenoxy) is 1. The molecule has 0 saturated carbocycles. The quantitative estimate of drug-likeness (QED) is 0.166. The second-order valence-electron chi connectivity index (χ2n) is 8.33. The summed E-state index contributed by atoms with van der Waals surface area (Å²) in [5.41, 5.74) is 4.05. The van der Waals surface area contributed by atoms with Gasteiger partial charge in [0.2, 0.25) is 0 Å². The highest BCUT2D eigenvalue weighted by molar-refractivity contribution is 6.33. The molecule has 5 nitrogen and oxygen atoms in total. The Labute approximate surface area is 209 Å². The zero-order valence-corrected chi connectivity index (χ0v) is 20.2. The van der Waals surface area contributed by atoms with Crippen molar-refractivity contribution < 1.29 is 14.3 Å². The minimum absolute atomic E-state index is 0.203. The minimum Gasteiger partial charge on any atom is -0.461 e. The van der Waals surface area contributed by atoms with Crippen molar-refractivity contribution in [3.8, 4) is 0 Å². The molecule has 1 aliphatic heterocycles. The first-order valence-electron chi connectivity index (χ1n) is 11.3. The van der Waals surface area contributed by atoms with E-state index < -0.39 is 5.92 Å². The molecule has 3 aromatic carbocycles. The molecule has 1 atom stereocenters. The molecule has 1 amide bonds. The van der Waals surface area contributed by atoms with Gasteiger partial charge in [-0.3, -0.25) is 9.59 Å². The fraction of sp³-hybridized carbons (Fsp3) is 0.259. The van der Waals surface area contributed by atoms with Gasteiger partial charge in [0.05, 0.1) is 11.6 Å². The van der Waals surface area contributed by atoms with Gasteiger partial charge < -0.3 is 4.74 Å². The molecule has 0 fully saturated rings. The van der Waals surface area contributed by atoms with Gasteiger partial charge in [0.25, 0.3) is 5.91 Å². The summed E-state index contributed by atoms with van der Waals surface area (Å²) in [6.45, 7) is 0.290. The number of amides is 1. The van der Waals surface area contributed by atoms with Crippen LogP contribution in [0.1, 0.15) is 53.9 Å². The van der Waals surface area contributed by atoms with E-state index >= 15 is 0 Å². The van der Waals surface area contributed by atoms with Gasteiger partial charge >= 0.3 is 5.97 Å². The van der Waals surface area contributed by atoms with E-state index in [2.05, 4.69) is 0 Å². The Morgan fingerprint density at radius 2 is 1.65 bits per heavy atom. The lowest BCUT2D eigenvalue weighted by molar-refractivity contribution is -0.145. The maximum Gasteiger partial charge on any atom is 0.306 e. The summed E-state index contributed by atoms with van der Waals surface area (Å²) < 4.78 is 5.34. The van der Waals surface area contributed by atoms with E-state index in [1.165, 1.54) is 5.01 Å². The largest absolute Gasteiger partial charge is 0.461 e. The van der Waals surface area contributed by atoms with Crippen LogP contribution in [0, 0.1) is 0 Å². The summed E-state index contributed by atoms with van der Waals surface area (Å²) in [5, 5.41) is 2.30. The van der Waals surface area contributed by atoms with Crippen LogP contribution >= 0.6 is 23.2 Å². The van der Waals surface area contributed by atoms with Crippen LogP contribution in [-0.2, 0) is 27.4 Å². The number of benzene rings is 3. The number of nitrogens with two attached hydrogens (primary N) is 1. The first-order valence-corrected chi connectivity index (χ1v) is 12.1. The first kappa shape index (κ1) is 24.3. The van der Waals surface area contributed by atoms with Crippen molar-refractivity contribution in [3.05, 3.63) is 99.0 Å². The standard InChI is InChI=1S/C27H26Cl2N2O3/c28-21-13-8-7-12-20(21)26-25-19(22(29)15-16-23(25)31(30)27(26)33)11-5-2-6-14-24(32)34-17-18-9-3-1-4-10-18/h1,3-4,7-10,12-13,15-16,26H,2,5-6,11,14,17,30H2. The van der Waals surface area contributed by atoms with Gasteiger partial charge in [-0.25, -0.2) is 10.9 Å². The van der Waals surface area contributed by atoms with Crippen LogP contribution in [0.3, 0.4) is 0 Å². The molecule has 34 heavy (non-hydrogen) atoms. The molecule has 0 aromatic heterocycles. The van der Waals surface area contributed by atoms with Gasteiger partial charge in [0, 0.05) is 16.5 Å². The normalized spacial score (nSPS) is 14.9. The number of fused-ring (bicyclic) bond motifs is 1. The Balaban J connectivity index is 1.38. The van der Waals surface area contributed by atoms with Crippen molar-refractivity contribution in [2.45, 2.75) is 44.6 Å². The highest BCUT2D eigenvalue weighted by atomic mass is 35.5. The van der Waals surface area contributed by atoms with E-state index in [1.54, 1.807) is 18.2 Å². The van der Waals surface area contributed by atoms with Crippen LogP contribution < -0.4 is 10.9 Å². The number of hydrogen-bond donors (Lipinski definition) is 1. The third-order valence-corrected chi connectivity index (χ3v) is 6.77. The number of hydrazine groups is 1. The van der Waals surface area contributed by atoms with E-state index in [4.69, 9.17) is 33.8 Å². The number of carbonyl (C=O) groups excluding carboxylic acids is 2. The second kappa shape index (κ2) is 11.0. The van der Waals surface area contributed by atoms with Crippen molar-refractivity contribution in [3.63, 3.8) is 0 Å². The van der Waals surface area contributed by atoms with E-state index in [0.717, 1.165) is 36.0 Å². The van der Waals surface area contributed by atoms with Crippen molar-refractivity contribution in [2.75, 3.05) is 5.01 Å². The van der Waals surface area contributed by atoms with Crippen molar-refractivity contribution >= 4 is 40.8 Å². The maximum absolute atomic E-state index is 13.0. The Kier molecular flexibility index (Phi) is 7.88. The molecular formula is C27H26Cl2N2O3. The fourth-order valence-electron chi connectivity index (χ4n) is 4.35. The molecule has 0 radical (unpaired) electrons. The molecule has 2 N–H and O–H groups in total. The van der Waals surface area contributed by atoms with Crippen LogP contribution in [-0.4, -0.2) is 11.9 Å². The third-order valence-electron chi connectivity index (χ3n) is 6.08. The van der Waals surface area contributed by atoms with Crippen LogP contribution in [0.25, 0.3) is 0 Å². The van der Waals surface area contributed by atoms with Gasteiger partial charge in [0.15, 0.2) is 0 Å². The third kappa shape index (κ3) is 5.27. The molecule has 7 heteroatoms. The van der Waals surface area contributed by atoms with Crippen molar-refractivity contribution in [1.29, 1.82) is 0 Å². The minimum atomic E-state index is -0.588. The Hall–Kier alpha value is -2.86. The van der Waals surface area contributed by atoms with Crippen LogP contribution in [0.2, 0.25) is 10.0 Å². The lowest BCUT2D eigenvalue weighted by Gasteiger charge is -2.16. The van der Waals surface area contributed by atoms with Crippen LogP contribution in [0.5, 0.6) is 0 Å². The molecule has 176 valence electrons. The van der Waals surface area contributed by atoms with Crippen LogP contribution in [0.15, 0.2) is 66.7 Å². The smallest absolute Gasteiger partial charge is 0.306 e. The fourth-order valence-corrected chi connectivity index (χ4v) is 4.85. The number of hydrogen-bond acceptors (Lipinski definition) is 4. The molecule has 0 spiro atoms. The zero-order valence-electron chi connectivity index (χ0n) is 18.7. The number of carbonyl (C=O) groups is 2. The van der Waals surface area contributed by atoms with Gasteiger partial charge in [-0.2, -0.15) is 0 Å². The summed E-state index contributed by atoms with van der Waals surface area (Å²) in [6, 6.07) is 20.5. The summed E-state index contributed by atoms with van der Waals surface area (Å²) in [5.74, 6) is 5.09.